The van der Waals surface area contributed by atoms with Gasteiger partial charge in [-0.15, -0.1) is 10.2 Å². The number of nitrogens with zero attached hydrogens (tertiary/aromatic N) is 4. The van der Waals surface area contributed by atoms with Crippen molar-refractivity contribution in [2.75, 3.05) is 14.2 Å². The fourth-order valence-corrected chi connectivity index (χ4v) is 2.79. The van der Waals surface area contributed by atoms with Crippen LogP contribution in [-0.2, 0) is 6.42 Å². The smallest absolute Gasteiger partial charge is 0.287 e. The lowest BCUT2D eigenvalue weighted by atomic mass is 10.1. The van der Waals surface area contributed by atoms with Crippen LogP contribution in [0, 0.1) is 10.1 Å². The number of rotatable bonds is 7. The van der Waals surface area contributed by atoms with Crippen LogP contribution in [0.4, 0.5) is 5.69 Å². The first-order chi connectivity index (χ1) is 12.6. The average Bonchev–Trinajstić information content (AvgIpc) is 3.08. The predicted molar refractivity (Wildman–Crippen MR) is 91.7 cm³/mol. The van der Waals surface area contributed by atoms with E-state index in [4.69, 9.17) is 13.9 Å². The van der Waals surface area contributed by atoms with E-state index in [0.717, 1.165) is 17.3 Å². The molecule has 10 heteroatoms. The molecule has 3 aromatic rings. The quantitative estimate of drug-likeness (QED) is 0.454. The number of aromatic nitrogens is 3. The molecule has 0 radical (unpaired) electrons. The second-order valence-electron chi connectivity index (χ2n) is 5.04. The molecule has 0 fully saturated rings. The number of methoxy groups -OCH3 is 2. The zero-order valence-electron chi connectivity index (χ0n) is 13.9. The Kier molecular flexibility index (Phi) is 5.32. The van der Waals surface area contributed by atoms with Crippen LogP contribution < -0.4 is 9.47 Å². The molecule has 2 heterocycles. The molecule has 0 saturated heterocycles. The molecule has 134 valence electrons. The van der Waals surface area contributed by atoms with Crippen molar-refractivity contribution >= 4 is 17.4 Å². The highest BCUT2D eigenvalue weighted by atomic mass is 32.2. The Morgan fingerprint density at radius 3 is 2.62 bits per heavy atom. The third-order valence-electron chi connectivity index (χ3n) is 3.38. The summed E-state index contributed by atoms with van der Waals surface area (Å²) in [6, 6.07) is 8.43. The maximum absolute atomic E-state index is 10.6. The van der Waals surface area contributed by atoms with Gasteiger partial charge in [0.1, 0.15) is 11.2 Å². The van der Waals surface area contributed by atoms with E-state index in [1.54, 1.807) is 20.3 Å². The number of ether oxygens (including phenoxy) is 2. The van der Waals surface area contributed by atoms with Crippen molar-refractivity contribution in [3.05, 3.63) is 58.1 Å². The zero-order chi connectivity index (χ0) is 18.5. The van der Waals surface area contributed by atoms with E-state index < -0.39 is 4.92 Å². The Hall–Kier alpha value is -3.14. The number of hydrogen-bond donors (Lipinski definition) is 0. The van der Waals surface area contributed by atoms with E-state index >= 15 is 0 Å². The molecule has 0 atom stereocenters. The van der Waals surface area contributed by atoms with Crippen molar-refractivity contribution in [3.63, 3.8) is 0 Å². The molecule has 0 aliphatic carbocycles. The van der Waals surface area contributed by atoms with E-state index in [0.29, 0.717) is 34.1 Å². The van der Waals surface area contributed by atoms with E-state index in [2.05, 4.69) is 15.2 Å². The second kappa shape index (κ2) is 7.83. The van der Waals surface area contributed by atoms with Gasteiger partial charge in [0.15, 0.2) is 11.5 Å². The Balaban J connectivity index is 1.69. The lowest BCUT2D eigenvalue weighted by Crippen LogP contribution is -1.94. The lowest BCUT2D eigenvalue weighted by Gasteiger charge is -2.08. The summed E-state index contributed by atoms with van der Waals surface area (Å²) < 4.78 is 16.1. The van der Waals surface area contributed by atoms with E-state index in [1.807, 2.05) is 12.1 Å². The van der Waals surface area contributed by atoms with Crippen LogP contribution in [0.2, 0.25) is 0 Å². The summed E-state index contributed by atoms with van der Waals surface area (Å²) in [5.74, 6) is 1.69. The second-order valence-corrected chi connectivity index (χ2v) is 6.01. The van der Waals surface area contributed by atoms with Gasteiger partial charge in [-0.2, -0.15) is 0 Å². The summed E-state index contributed by atoms with van der Waals surface area (Å²) >= 11 is 1.13. The fraction of sp³-hybridized carbons (Fsp3) is 0.188. The largest absolute Gasteiger partial charge is 0.493 e. The van der Waals surface area contributed by atoms with E-state index in [9.17, 15) is 10.1 Å². The van der Waals surface area contributed by atoms with Crippen LogP contribution in [0.1, 0.15) is 11.5 Å². The van der Waals surface area contributed by atoms with Gasteiger partial charge in [-0.25, -0.2) is 4.98 Å². The third kappa shape index (κ3) is 4.09. The van der Waals surface area contributed by atoms with Crippen LogP contribution in [0.5, 0.6) is 11.5 Å². The first kappa shape index (κ1) is 17.7. The lowest BCUT2D eigenvalue weighted by molar-refractivity contribution is -0.385. The third-order valence-corrected chi connectivity index (χ3v) is 4.17. The molecular weight excluding hydrogens is 360 g/mol. The summed E-state index contributed by atoms with van der Waals surface area (Å²) in [6.07, 6.45) is 1.62. The minimum Gasteiger partial charge on any atom is -0.493 e. The summed E-state index contributed by atoms with van der Waals surface area (Å²) in [5, 5.41) is 19.4. The standard InChI is InChI=1S/C16H14N4O5S/c1-23-12-5-3-10(7-13(12)24-2)8-14-18-19-16(25-14)26-15-6-4-11(9-17-15)20(21)22/h3-7,9H,8H2,1-2H3. The summed E-state index contributed by atoms with van der Waals surface area (Å²) in [4.78, 5) is 14.1. The molecular formula is C16H14N4O5S. The molecule has 0 amide bonds. The molecule has 0 N–H and O–H groups in total. The van der Waals surface area contributed by atoms with E-state index in [1.165, 1.54) is 18.3 Å². The molecule has 0 saturated carbocycles. The highest BCUT2D eigenvalue weighted by molar-refractivity contribution is 7.99. The highest BCUT2D eigenvalue weighted by Gasteiger charge is 2.12. The molecule has 3 rings (SSSR count). The number of benzene rings is 1. The van der Waals surface area contributed by atoms with Crippen LogP contribution in [0.15, 0.2) is 51.2 Å². The molecule has 26 heavy (non-hydrogen) atoms. The zero-order valence-corrected chi connectivity index (χ0v) is 14.7. The van der Waals surface area contributed by atoms with E-state index in [-0.39, 0.29) is 5.69 Å². The van der Waals surface area contributed by atoms with Gasteiger partial charge in [-0.05, 0) is 35.5 Å². The SMILES string of the molecule is COc1ccc(Cc2nnc(Sc3ccc([N+](=O)[O-])cn3)o2)cc1OC. The van der Waals surface area contributed by atoms with Crippen LogP contribution in [-0.4, -0.2) is 34.3 Å². The number of nitro groups is 1. The molecule has 1 aromatic carbocycles. The maximum atomic E-state index is 10.6. The van der Waals surface area contributed by atoms with Crippen molar-refractivity contribution < 1.29 is 18.8 Å². The van der Waals surface area contributed by atoms with Gasteiger partial charge in [0, 0.05) is 6.07 Å². The molecule has 0 aliphatic rings. The van der Waals surface area contributed by atoms with Crippen LogP contribution in [0.3, 0.4) is 0 Å². The fourth-order valence-electron chi connectivity index (χ4n) is 2.15. The maximum Gasteiger partial charge on any atom is 0.287 e. The van der Waals surface area contributed by atoms with Gasteiger partial charge in [-0.1, -0.05) is 6.07 Å². The monoisotopic (exact) mass is 374 g/mol. The number of hydrogen-bond acceptors (Lipinski definition) is 9. The predicted octanol–water partition coefficient (Wildman–Crippen LogP) is 3.13. The van der Waals surface area contributed by atoms with Crippen molar-refractivity contribution in [1.29, 1.82) is 0 Å². The average molecular weight is 374 g/mol. The first-order valence-electron chi connectivity index (χ1n) is 7.40. The molecule has 0 unspecified atom stereocenters. The van der Waals surface area contributed by atoms with Gasteiger partial charge in [-0.3, -0.25) is 10.1 Å². The Morgan fingerprint density at radius 2 is 1.96 bits per heavy atom. The topological polar surface area (TPSA) is 113 Å². The molecule has 2 aromatic heterocycles. The van der Waals surface area contributed by atoms with Crippen molar-refractivity contribution in [3.8, 4) is 11.5 Å². The van der Waals surface area contributed by atoms with Crippen molar-refractivity contribution in [2.24, 2.45) is 0 Å². The summed E-state index contributed by atoms with van der Waals surface area (Å²) in [6.45, 7) is 0. The van der Waals surface area contributed by atoms with Crippen molar-refractivity contribution in [2.45, 2.75) is 16.7 Å². The Labute approximate surface area is 152 Å². The first-order valence-corrected chi connectivity index (χ1v) is 8.22. The Morgan fingerprint density at radius 1 is 1.15 bits per heavy atom. The Bertz CT molecular complexity index is 913. The van der Waals surface area contributed by atoms with Crippen molar-refractivity contribution in [1.82, 2.24) is 15.2 Å². The number of pyridine rings is 1. The minimum absolute atomic E-state index is 0.0750. The van der Waals surface area contributed by atoms with Gasteiger partial charge in [0.05, 0.1) is 25.6 Å². The summed E-state index contributed by atoms with van der Waals surface area (Å²) in [7, 11) is 3.14. The summed E-state index contributed by atoms with van der Waals surface area (Å²) in [5.41, 5.74) is 0.852. The van der Waals surface area contributed by atoms with Crippen LogP contribution in [0.25, 0.3) is 0 Å². The molecule has 0 spiro atoms. The normalized spacial score (nSPS) is 10.5. The molecule has 9 nitrogen and oxygen atoms in total. The van der Waals surface area contributed by atoms with Gasteiger partial charge in [0.25, 0.3) is 10.9 Å². The molecule has 0 bridgehead atoms. The van der Waals surface area contributed by atoms with Gasteiger partial charge < -0.3 is 13.9 Å². The minimum atomic E-state index is -0.505. The van der Waals surface area contributed by atoms with Crippen LogP contribution >= 0.6 is 11.8 Å². The molecule has 0 aliphatic heterocycles. The highest BCUT2D eigenvalue weighted by Crippen LogP contribution is 2.29. The van der Waals surface area contributed by atoms with Gasteiger partial charge >= 0.3 is 0 Å². The van der Waals surface area contributed by atoms with Gasteiger partial charge in [0.2, 0.25) is 5.89 Å².